The number of pyridine rings is 1. The maximum atomic E-state index is 14.3. The molecule has 1 amide bonds. The number of nitrogens with one attached hydrogen (secondary N) is 1. The van der Waals surface area contributed by atoms with Crippen molar-refractivity contribution in [3.8, 4) is 0 Å². The van der Waals surface area contributed by atoms with E-state index in [2.05, 4.69) is 9.71 Å². The minimum atomic E-state index is -3.91. The van der Waals surface area contributed by atoms with Gasteiger partial charge in [0.25, 0.3) is 0 Å². The fraction of sp³-hybridized carbons (Fsp3) is 0.345. The third-order valence-electron chi connectivity index (χ3n) is 7.45. The molecule has 212 valence electrons. The summed E-state index contributed by atoms with van der Waals surface area (Å²) < 4.78 is 28.7. The summed E-state index contributed by atoms with van der Waals surface area (Å²) in [6.45, 7) is 3.46. The molecule has 1 saturated heterocycles. The summed E-state index contributed by atoms with van der Waals surface area (Å²) in [7, 11) is -3.91. The Bertz CT molecular complexity index is 1470. The minimum Gasteiger partial charge on any atom is -0.481 e. The molecule has 11 heteroatoms. The van der Waals surface area contributed by atoms with E-state index in [1.54, 1.807) is 30.0 Å². The fourth-order valence-electron chi connectivity index (χ4n) is 5.52. The first-order chi connectivity index (χ1) is 18.9. The molecule has 3 aromatic rings. The van der Waals surface area contributed by atoms with Crippen LogP contribution in [0.25, 0.3) is 0 Å². The molecule has 2 heterocycles. The highest BCUT2D eigenvalue weighted by Crippen LogP contribution is 2.52. The van der Waals surface area contributed by atoms with Crippen LogP contribution in [-0.4, -0.2) is 47.9 Å². The van der Waals surface area contributed by atoms with Crippen LogP contribution in [0.2, 0.25) is 10.0 Å². The number of aliphatic carboxylic acids is 1. The molecule has 2 N–H and O–H groups in total. The quantitative estimate of drug-likeness (QED) is 0.308. The van der Waals surface area contributed by atoms with Crippen LogP contribution in [0.3, 0.4) is 0 Å². The summed E-state index contributed by atoms with van der Waals surface area (Å²) in [5, 5.41) is 10.8. The number of halogens is 2. The summed E-state index contributed by atoms with van der Waals surface area (Å²) in [5.41, 5.74) is 0.415. The van der Waals surface area contributed by atoms with E-state index >= 15 is 0 Å². The second kappa shape index (κ2) is 12.3. The van der Waals surface area contributed by atoms with E-state index in [0.717, 1.165) is 11.1 Å². The Balaban J connectivity index is 1.83. The summed E-state index contributed by atoms with van der Waals surface area (Å²) >= 11 is 12.6. The Morgan fingerprint density at radius 2 is 1.85 bits per heavy atom. The zero-order chi connectivity index (χ0) is 29.1. The molecule has 0 aliphatic carbocycles. The number of nitrogens with zero attached hydrogens (tertiary/aromatic N) is 2. The van der Waals surface area contributed by atoms with Gasteiger partial charge in [-0.15, -0.1) is 0 Å². The number of carboxylic acid groups (broad SMARTS) is 1. The first-order valence-electron chi connectivity index (χ1n) is 12.9. The van der Waals surface area contributed by atoms with Gasteiger partial charge in [0.15, 0.2) is 0 Å². The number of piperidine rings is 1. The van der Waals surface area contributed by atoms with Crippen LogP contribution < -0.4 is 4.72 Å². The van der Waals surface area contributed by atoms with E-state index in [4.69, 9.17) is 23.2 Å². The van der Waals surface area contributed by atoms with Crippen molar-refractivity contribution in [2.75, 3.05) is 6.54 Å². The second-order valence-corrected chi connectivity index (χ2v) is 12.9. The maximum Gasteiger partial charge on any atom is 0.304 e. The number of carboxylic acids is 1. The Morgan fingerprint density at radius 1 is 1.12 bits per heavy atom. The molecule has 4 atom stereocenters. The highest BCUT2D eigenvalue weighted by atomic mass is 35.5. The van der Waals surface area contributed by atoms with Gasteiger partial charge in [-0.2, -0.15) is 0 Å². The maximum absolute atomic E-state index is 14.3. The second-order valence-electron chi connectivity index (χ2n) is 10.3. The van der Waals surface area contributed by atoms with Crippen LogP contribution in [0.5, 0.6) is 0 Å². The SMILES string of the molecule is CCC(CNS(=O)(=O)c1cccnc1)N1C(=O)C(C)(CC(=O)O)CC(c2cccc(Cl)c2)C1c1ccc(Cl)cc1. The fourth-order valence-corrected chi connectivity index (χ4v) is 6.88. The van der Waals surface area contributed by atoms with E-state index in [0.29, 0.717) is 16.5 Å². The highest BCUT2D eigenvalue weighted by molar-refractivity contribution is 7.89. The van der Waals surface area contributed by atoms with Crippen LogP contribution >= 0.6 is 23.2 Å². The van der Waals surface area contributed by atoms with E-state index in [-0.39, 0.29) is 36.1 Å². The van der Waals surface area contributed by atoms with Gasteiger partial charge in [0, 0.05) is 40.9 Å². The molecule has 0 saturated carbocycles. The summed E-state index contributed by atoms with van der Waals surface area (Å²) in [6, 6.07) is 16.4. The topological polar surface area (TPSA) is 117 Å². The van der Waals surface area contributed by atoms with Crippen molar-refractivity contribution in [2.45, 2.75) is 56.0 Å². The smallest absolute Gasteiger partial charge is 0.304 e. The molecule has 8 nitrogen and oxygen atoms in total. The third-order valence-corrected chi connectivity index (χ3v) is 9.35. The Hall–Kier alpha value is -2.98. The van der Waals surface area contributed by atoms with Crippen LogP contribution in [0.15, 0.2) is 78.0 Å². The first-order valence-corrected chi connectivity index (χ1v) is 15.1. The summed E-state index contributed by atoms with van der Waals surface area (Å²) in [6.07, 6.45) is 3.04. The molecule has 4 rings (SSSR count). The van der Waals surface area contributed by atoms with Gasteiger partial charge in [0.1, 0.15) is 4.90 Å². The van der Waals surface area contributed by atoms with E-state index < -0.39 is 33.5 Å². The average molecular weight is 605 g/mol. The highest BCUT2D eigenvalue weighted by Gasteiger charge is 2.52. The van der Waals surface area contributed by atoms with Crippen molar-refractivity contribution in [2.24, 2.45) is 5.41 Å². The average Bonchev–Trinajstić information content (AvgIpc) is 2.92. The van der Waals surface area contributed by atoms with Crippen LogP contribution in [0, 0.1) is 5.41 Å². The van der Waals surface area contributed by atoms with Gasteiger partial charge in [-0.05, 0) is 60.4 Å². The zero-order valence-electron chi connectivity index (χ0n) is 22.1. The Kier molecular flexibility index (Phi) is 9.19. The van der Waals surface area contributed by atoms with Gasteiger partial charge in [-0.1, -0.05) is 61.3 Å². The predicted molar refractivity (Wildman–Crippen MR) is 154 cm³/mol. The van der Waals surface area contributed by atoms with E-state index in [1.165, 1.54) is 24.5 Å². The van der Waals surface area contributed by atoms with Gasteiger partial charge >= 0.3 is 5.97 Å². The molecule has 1 aliphatic heterocycles. The van der Waals surface area contributed by atoms with Crippen molar-refractivity contribution in [1.29, 1.82) is 0 Å². The lowest BCUT2D eigenvalue weighted by Gasteiger charge is -2.52. The lowest BCUT2D eigenvalue weighted by molar-refractivity contribution is -0.160. The van der Waals surface area contributed by atoms with Crippen molar-refractivity contribution >= 4 is 45.1 Å². The number of carbonyl (C=O) groups is 2. The van der Waals surface area contributed by atoms with Gasteiger partial charge < -0.3 is 10.0 Å². The van der Waals surface area contributed by atoms with E-state index in [1.807, 2.05) is 37.3 Å². The normalized spacial score (nSPS) is 22.2. The lowest BCUT2D eigenvalue weighted by atomic mass is 9.67. The molecule has 1 aromatic heterocycles. The number of hydrogen-bond donors (Lipinski definition) is 2. The van der Waals surface area contributed by atoms with Crippen LogP contribution in [0.4, 0.5) is 0 Å². The zero-order valence-corrected chi connectivity index (χ0v) is 24.5. The van der Waals surface area contributed by atoms with Gasteiger partial charge in [-0.3, -0.25) is 14.6 Å². The van der Waals surface area contributed by atoms with Gasteiger partial charge in [-0.25, -0.2) is 13.1 Å². The van der Waals surface area contributed by atoms with Crippen molar-refractivity contribution < 1.29 is 23.1 Å². The number of aromatic nitrogens is 1. The van der Waals surface area contributed by atoms with Crippen molar-refractivity contribution in [3.63, 3.8) is 0 Å². The monoisotopic (exact) mass is 603 g/mol. The van der Waals surface area contributed by atoms with Crippen LogP contribution in [-0.2, 0) is 19.6 Å². The molecule has 0 spiro atoms. The lowest BCUT2D eigenvalue weighted by Crippen LogP contribution is -2.58. The number of amides is 1. The van der Waals surface area contributed by atoms with E-state index in [9.17, 15) is 23.1 Å². The van der Waals surface area contributed by atoms with Gasteiger partial charge in [0.2, 0.25) is 15.9 Å². The minimum absolute atomic E-state index is 0.0107. The number of hydrogen-bond acceptors (Lipinski definition) is 5. The van der Waals surface area contributed by atoms with Crippen molar-refractivity contribution in [3.05, 3.63) is 94.2 Å². The molecule has 0 bridgehead atoms. The number of sulfonamides is 1. The largest absolute Gasteiger partial charge is 0.481 e. The number of likely N-dealkylation sites (tertiary alicyclic amines) is 1. The number of benzene rings is 2. The van der Waals surface area contributed by atoms with Crippen molar-refractivity contribution in [1.82, 2.24) is 14.6 Å². The predicted octanol–water partition coefficient (Wildman–Crippen LogP) is 5.68. The molecule has 2 aromatic carbocycles. The first kappa shape index (κ1) is 30.0. The number of rotatable bonds is 10. The van der Waals surface area contributed by atoms with Gasteiger partial charge in [0.05, 0.1) is 17.9 Å². The Morgan fingerprint density at radius 3 is 2.45 bits per heavy atom. The number of carbonyl (C=O) groups excluding carboxylic acids is 1. The standard InChI is InChI=1S/C29H31Cl2N3O5S/c1-3-23(17-33-40(38,39)24-8-5-13-32-18-24)34-27(19-9-11-21(30)12-10-19)25(20-6-4-7-22(31)14-20)15-29(2,28(34)37)16-26(35)36/h4-14,18,23,25,27,33H,3,15-17H2,1-2H3,(H,35,36). The molecule has 0 radical (unpaired) electrons. The van der Waals surface area contributed by atoms with Crippen LogP contribution in [0.1, 0.15) is 56.2 Å². The molecular formula is C29H31Cl2N3O5S. The molecular weight excluding hydrogens is 573 g/mol. The Labute approximate surface area is 244 Å². The summed E-state index contributed by atoms with van der Waals surface area (Å²) in [4.78, 5) is 31.8. The molecule has 4 unspecified atom stereocenters. The molecule has 40 heavy (non-hydrogen) atoms. The molecule has 1 fully saturated rings. The third kappa shape index (κ3) is 6.49. The molecule has 1 aliphatic rings. The summed E-state index contributed by atoms with van der Waals surface area (Å²) in [5.74, 6) is -1.76.